The molecule has 0 unspecified atom stereocenters. The molecule has 1 heterocycles. The van der Waals surface area contributed by atoms with E-state index < -0.39 is 5.91 Å². The van der Waals surface area contributed by atoms with Crippen molar-refractivity contribution in [1.82, 2.24) is 9.78 Å². The molecule has 3 rings (SSSR count). The highest BCUT2D eigenvalue weighted by Crippen LogP contribution is 2.30. The van der Waals surface area contributed by atoms with E-state index in [0.29, 0.717) is 16.4 Å². The second kappa shape index (κ2) is 6.60. The largest absolute Gasteiger partial charge is 0.393 e. The zero-order valence-electron chi connectivity index (χ0n) is 12.6. The van der Waals surface area contributed by atoms with E-state index in [1.54, 1.807) is 23.0 Å². The molecule has 6 nitrogen and oxygen atoms in total. The number of nitrogens with one attached hydrogen (secondary N) is 1. The van der Waals surface area contributed by atoms with Crippen molar-refractivity contribution in [2.24, 2.45) is 5.73 Å². The van der Waals surface area contributed by atoms with Crippen LogP contribution in [0, 0.1) is 0 Å². The van der Waals surface area contributed by atoms with E-state index in [4.69, 9.17) is 17.3 Å². The van der Waals surface area contributed by atoms with Crippen LogP contribution >= 0.6 is 11.6 Å². The van der Waals surface area contributed by atoms with Crippen LogP contribution in [0.3, 0.4) is 0 Å². The molecule has 0 aliphatic heterocycles. The van der Waals surface area contributed by atoms with E-state index in [2.05, 4.69) is 10.4 Å². The van der Waals surface area contributed by atoms with E-state index in [0.717, 1.165) is 31.4 Å². The van der Waals surface area contributed by atoms with Gasteiger partial charge in [0.25, 0.3) is 5.91 Å². The maximum Gasteiger partial charge on any atom is 0.254 e. The number of aromatic nitrogens is 2. The smallest absolute Gasteiger partial charge is 0.254 e. The summed E-state index contributed by atoms with van der Waals surface area (Å²) in [4.78, 5) is 11.7. The summed E-state index contributed by atoms with van der Waals surface area (Å²) in [7, 11) is 0. The first kappa shape index (κ1) is 15.8. The molecule has 1 aliphatic rings. The van der Waals surface area contributed by atoms with E-state index >= 15 is 0 Å². The van der Waals surface area contributed by atoms with Gasteiger partial charge in [0.05, 0.1) is 12.1 Å². The Kier molecular flexibility index (Phi) is 4.54. The summed E-state index contributed by atoms with van der Waals surface area (Å²) in [5.41, 5.74) is 6.60. The molecule has 0 spiro atoms. The molecule has 7 heteroatoms. The number of nitrogens with zero attached hydrogens (tertiary/aromatic N) is 2. The maximum absolute atomic E-state index is 11.7. The van der Waals surface area contributed by atoms with E-state index in [9.17, 15) is 9.90 Å². The highest BCUT2D eigenvalue weighted by atomic mass is 35.5. The number of carbonyl (C=O) groups is 1. The summed E-state index contributed by atoms with van der Waals surface area (Å²) in [5, 5.41) is 17.8. The standard InChI is InChI=1S/C16H19ClN4O2/c17-10-1-3-11(4-2-10)19-16-14(15(18)23)9-21(20-16)12-5-7-13(22)8-6-12/h1-4,9,12-13,22H,5-8H2,(H2,18,23)(H,19,20). The van der Waals surface area contributed by atoms with Crippen molar-refractivity contribution in [2.75, 3.05) is 5.32 Å². The predicted octanol–water partition coefficient (Wildman–Crippen LogP) is 2.86. The van der Waals surface area contributed by atoms with Crippen LogP contribution in [-0.2, 0) is 0 Å². The number of amides is 1. The molecule has 1 saturated carbocycles. The molecule has 23 heavy (non-hydrogen) atoms. The number of nitrogens with two attached hydrogens (primary N) is 1. The van der Waals surface area contributed by atoms with Crippen LogP contribution in [-0.4, -0.2) is 26.9 Å². The fraction of sp³-hybridized carbons (Fsp3) is 0.375. The lowest BCUT2D eigenvalue weighted by Gasteiger charge is -2.25. The molecule has 0 radical (unpaired) electrons. The second-order valence-corrected chi connectivity index (χ2v) is 6.27. The minimum absolute atomic E-state index is 0.178. The maximum atomic E-state index is 11.7. The van der Waals surface area contributed by atoms with Gasteiger partial charge >= 0.3 is 0 Å². The average Bonchev–Trinajstić information content (AvgIpc) is 2.94. The monoisotopic (exact) mass is 334 g/mol. The van der Waals surface area contributed by atoms with Gasteiger partial charge in [-0.15, -0.1) is 0 Å². The lowest BCUT2D eigenvalue weighted by molar-refractivity contribution is 0.0998. The van der Waals surface area contributed by atoms with Crippen LogP contribution < -0.4 is 11.1 Å². The number of anilines is 2. The highest BCUT2D eigenvalue weighted by Gasteiger charge is 2.24. The van der Waals surface area contributed by atoms with E-state index in [-0.39, 0.29) is 12.1 Å². The van der Waals surface area contributed by atoms with Gasteiger partial charge in [0.15, 0.2) is 5.82 Å². The van der Waals surface area contributed by atoms with Crippen molar-refractivity contribution < 1.29 is 9.90 Å². The molecule has 1 amide bonds. The number of halogens is 1. The quantitative estimate of drug-likeness (QED) is 0.801. The third kappa shape index (κ3) is 3.65. The number of rotatable bonds is 4. The SMILES string of the molecule is NC(=O)c1cn(C2CCC(O)CC2)nc1Nc1ccc(Cl)cc1. The number of benzene rings is 1. The zero-order valence-corrected chi connectivity index (χ0v) is 13.3. The van der Waals surface area contributed by atoms with Crippen LogP contribution in [0.15, 0.2) is 30.5 Å². The normalized spacial score (nSPS) is 21.1. The summed E-state index contributed by atoms with van der Waals surface area (Å²) in [6.07, 6.45) is 4.61. The summed E-state index contributed by atoms with van der Waals surface area (Å²) in [6, 6.07) is 7.31. The van der Waals surface area contributed by atoms with Crippen LogP contribution in [0.4, 0.5) is 11.5 Å². The van der Waals surface area contributed by atoms with Gasteiger partial charge in [-0.3, -0.25) is 9.48 Å². The molecule has 0 atom stereocenters. The first-order valence-electron chi connectivity index (χ1n) is 7.62. The number of hydrogen-bond acceptors (Lipinski definition) is 4. The fourth-order valence-electron chi connectivity index (χ4n) is 2.84. The summed E-state index contributed by atoms with van der Waals surface area (Å²) in [6.45, 7) is 0. The molecule has 2 aromatic rings. The van der Waals surface area contributed by atoms with Crippen LogP contribution in [0.2, 0.25) is 5.02 Å². The second-order valence-electron chi connectivity index (χ2n) is 5.83. The number of aliphatic hydroxyl groups is 1. The minimum Gasteiger partial charge on any atom is -0.393 e. The Balaban J connectivity index is 1.84. The predicted molar refractivity (Wildman–Crippen MR) is 89.0 cm³/mol. The molecule has 1 fully saturated rings. The Labute approximate surface area is 139 Å². The summed E-state index contributed by atoms with van der Waals surface area (Å²) in [5.74, 6) is -0.0884. The van der Waals surface area contributed by atoms with Gasteiger partial charge in [0.1, 0.15) is 5.56 Å². The molecule has 1 aromatic carbocycles. The Bertz CT molecular complexity index is 691. The number of carbonyl (C=O) groups excluding carboxylic acids is 1. The topological polar surface area (TPSA) is 93.2 Å². The average molecular weight is 335 g/mol. The van der Waals surface area contributed by atoms with Gasteiger partial charge in [-0.1, -0.05) is 11.6 Å². The van der Waals surface area contributed by atoms with Gasteiger partial charge in [-0.05, 0) is 49.9 Å². The fourth-order valence-corrected chi connectivity index (χ4v) is 2.97. The van der Waals surface area contributed by atoms with Crippen molar-refractivity contribution in [3.63, 3.8) is 0 Å². The first-order chi connectivity index (χ1) is 11.0. The molecule has 1 aromatic heterocycles. The van der Waals surface area contributed by atoms with Crippen molar-refractivity contribution in [3.05, 3.63) is 41.0 Å². The third-order valence-electron chi connectivity index (χ3n) is 4.14. The number of primary amides is 1. The molecular weight excluding hydrogens is 316 g/mol. The summed E-state index contributed by atoms with van der Waals surface area (Å²) < 4.78 is 1.78. The van der Waals surface area contributed by atoms with Crippen LogP contribution in [0.25, 0.3) is 0 Å². The lowest BCUT2D eigenvalue weighted by Crippen LogP contribution is -2.21. The van der Waals surface area contributed by atoms with Crippen molar-refractivity contribution in [1.29, 1.82) is 0 Å². The van der Waals surface area contributed by atoms with E-state index in [1.165, 1.54) is 0 Å². The van der Waals surface area contributed by atoms with Crippen molar-refractivity contribution >= 4 is 29.0 Å². The molecular formula is C16H19ClN4O2. The van der Waals surface area contributed by atoms with Gasteiger partial charge in [0, 0.05) is 16.9 Å². The van der Waals surface area contributed by atoms with E-state index in [1.807, 2.05) is 12.1 Å². The number of hydrogen-bond donors (Lipinski definition) is 3. The van der Waals surface area contributed by atoms with Gasteiger partial charge < -0.3 is 16.2 Å². The van der Waals surface area contributed by atoms with Crippen molar-refractivity contribution in [2.45, 2.75) is 37.8 Å². The molecule has 1 aliphatic carbocycles. The van der Waals surface area contributed by atoms with Crippen LogP contribution in [0.1, 0.15) is 42.1 Å². The molecule has 4 N–H and O–H groups in total. The number of aliphatic hydroxyl groups excluding tert-OH is 1. The lowest BCUT2D eigenvalue weighted by atomic mass is 9.93. The molecule has 122 valence electrons. The summed E-state index contributed by atoms with van der Waals surface area (Å²) >= 11 is 5.87. The Morgan fingerprint density at radius 3 is 2.52 bits per heavy atom. The third-order valence-corrected chi connectivity index (χ3v) is 4.40. The van der Waals surface area contributed by atoms with Gasteiger partial charge in [-0.25, -0.2) is 0 Å². The van der Waals surface area contributed by atoms with Crippen LogP contribution in [0.5, 0.6) is 0 Å². The Hall–Kier alpha value is -2.05. The Morgan fingerprint density at radius 2 is 1.91 bits per heavy atom. The molecule has 0 saturated heterocycles. The zero-order chi connectivity index (χ0) is 16.4. The van der Waals surface area contributed by atoms with Gasteiger partial charge in [0.2, 0.25) is 0 Å². The molecule has 0 bridgehead atoms. The van der Waals surface area contributed by atoms with Gasteiger partial charge in [-0.2, -0.15) is 5.10 Å². The van der Waals surface area contributed by atoms with Crippen molar-refractivity contribution in [3.8, 4) is 0 Å². The first-order valence-corrected chi connectivity index (χ1v) is 8.00. The minimum atomic E-state index is -0.524. The highest BCUT2D eigenvalue weighted by molar-refractivity contribution is 6.30. The Morgan fingerprint density at radius 1 is 1.26 bits per heavy atom.